The van der Waals surface area contributed by atoms with Crippen molar-refractivity contribution in [2.24, 2.45) is 23.2 Å². The number of fused-ring (bicyclic) bond motifs is 6. The van der Waals surface area contributed by atoms with E-state index in [4.69, 9.17) is 24.2 Å². The Kier molecular flexibility index (Phi) is 12.5. The summed E-state index contributed by atoms with van der Waals surface area (Å²) < 4.78 is 45.0. The number of nitrogens with one attached hydrogen (secondary N) is 2. The fraction of sp³-hybridized carbons (Fsp3) is 0.578. The number of amides is 2. The fourth-order valence-corrected chi connectivity index (χ4v) is 11.5. The van der Waals surface area contributed by atoms with Crippen molar-refractivity contribution < 1.29 is 37.0 Å². The summed E-state index contributed by atoms with van der Waals surface area (Å²) in [6, 6.07) is 8.73. The number of nitrogens with zero attached hydrogens (tertiary/aromatic N) is 4. The van der Waals surface area contributed by atoms with Crippen LogP contribution >= 0.6 is 11.3 Å². The number of methoxy groups -OCH3 is 1. The molecule has 6 heterocycles. The Bertz CT molecular complexity index is 2390. The van der Waals surface area contributed by atoms with E-state index in [2.05, 4.69) is 53.4 Å². The molecule has 6 atom stereocenters. The Balaban J connectivity index is 1.23. The number of thiazole rings is 1. The lowest BCUT2D eigenvalue weighted by Gasteiger charge is -2.35. The van der Waals surface area contributed by atoms with Crippen LogP contribution in [-0.4, -0.2) is 102 Å². The number of benzene rings is 1. The zero-order valence-electron chi connectivity index (χ0n) is 35.9. The summed E-state index contributed by atoms with van der Waals surface area (Å²) >= 11 is 1.45. The van der Waals surface area contributed by atoms with Crippen LogP contribution in [0.2, 0.25) is 0 Å². The molecule has 1 saturated carbocycles. The molecule has 6 bridgehead atoms. The quantitative estimate of drug-likeness (QED) is 0.199. The molecule has 8 rings (SSSR count). The number of ether oxygens (including phenoxy) is 3. The minimum absolute atomic E-state index is 0.123. The second-order valence-corrected chi connectivity index (χ2v) is 21.4. The molecule has 0 spiro atoms. The smallest absolute Gasteiger partial charge is 0.324 e. The first-order chi connectivity index (χ1) is 29.1. The van der Waals surface area contributed by atoms with Crippen molar-refractivity contribution >= 4 is 49.9 Å². The van der Waals surface area contributed by atoms with E-state index in [1.54, 1.807) is 13.3 Å². The molecular weight excluding hydrogens is 817 g/mol. The topological polar surface area (TPSA) is 171 Å². The second-order valence-electron chi connectivity index (χ2n) is 18.1. The molecule has 328 valence electrons. The third kappa shape index (κ3) is 9.29. The van der Waals surface area contributed by atoms with Gasteiger partial charge < -0.3 is 24.1 Å². The summed E-state index contributed by atoms with van der Waals surface area (Å²) in [7, 11) is -1.36. The molecule has 0 unspecified atom stereocenters. The van der Waals surface area contributed by atoms with Crippen LogP contribution < -0.4 is 10.7 Å². The van der Waals surface area contributed by atoms with Crippen LogP contribution in [-0.2, 0) is 57.8 Å². The number of cyclic esters (lactones) is 1. The van der Waals surface area contributed by atoms with E-state index in [-0.39, 0.29) is 66.3 Å². The predicted octanol–water partition coefficient (Wildman–Crippen LogP) is 5.68. The SMILES string of the molecule is CO[C@@H](C)c1ncccc1-c1c2c3cc(ccc3n1CCOC1CCS(=O)(=O)CC1)-c1csc(n1)C[C@H](NC(=O)[C@H]1[C@H](C)[C@@H]1C)C(=O)N1CCC[C@H](N1)C(=O)OCC(C)(C)C2. The average molecular weight is 875 g/mol. The summed E-state index contributed by atoms with van der Waals surface area (Å²) in [6.07, 6.45) is 4.12. The number of rotatable bonds is 9. The molecule has 0 radical (unpaired) electrons. The lowest BCUT2D eigenvalue weighted by Crippen LogP contribution is -2.60. The lowest BCUT2D eigenvalue weighted by atomic mass is 9.84. The number of carbonyl (C=O) groups is 3. The number of aromatic nitrogens is 3. The van der Waals surface area contributed by atoms with Gasteiger partial charge in [0.2, 0.25) is 5.91 Å². The van der Waals surface area contributed by atoms with Crippen LogP contribution in [0.3, 0.4) is 0 Å². The molecule has 16 heteroatoms. The van der Waals surface area contributed by atoms with Crippen molar-refractivity contribution in [2.75, 3.05) is 38.4 Å². The second kappa shape index (κ2) is 17.5. The number of hydrogen-bond acceptors (Lipinski definition) is 12. The van der Waals surface area contributed by atoms with Gasteiger partial charge in [-0.1, -0.05) is 33.8 Å². The number of hydrazine groups is 1. The summed E-state index contributed by atoms with van der Waals surface area (Å²) in [6.45, 7) is 11.6. The molecule has 2 saturated heterocycles. The third-order valence-corrected chi connectivity index (χ3v) is 15.7. The van der Waals surface area contributed by atoms with E-state index >= 15 is 0 Å². The molecule has 4 aliphatic rings. The van der Waals surface area contributed by atoms with Gasteiger partial charge in [0.25, 0.3) is 5.91 Å². The van der Waals surface area contributed by atoms with Gasteiger partial charge in [-0.2, -0.15) is 0 Å². The molecular formula is C45H58N6O8S2. The molecule has 3 fully saturated rings. The number of hydrogen-bond donors (Lipinski definition) is 2. The largest absolute Gasteiger partial charge is 0.464 e. The maximum Gasteiger partial charge on any atom is 0.324 e. The highest BCUT2D eigenvalue weighted by Gasteiger charge is 2.49. The Labute approximate surface area is 362 Å². The van der Waals surface area contributed by atoms with Gasteiger partial charge in [0.05, 0.1) is 59.0 Å². The molecule has 1 aromatic carbocycles. The molecule has 2 N–H and O–H groups in total. The zero-order chi connectivity index (χ0) is 43.2. The molecule has 3 aromatic heterocycles. The van der Waals surface area contributed by atoms with Crippen molar-refractivity contribution in [1.29, 1.82) is 0 Å². The maximum atomic E-state index is 14.2. The Morgan fingerprint density at radius 1 is 1.13 bits per heavy atom. The number of esters is 1. The van der Waals surface area contributed by atoms with Crippen molar-refractivity contribution in [3.05, 3.63) is 58.2 Å². The molecule has 4 aromatic rings. The van der Waals surface area contributed by atoms with Gasteiger partial charge in [0.15, 0.2) is 9.84 Å². The van der Waals surface area contributed by atoms with E-state index in [0.717, 1.165) is 44.7 Å². The third-order valence-electron chi connectivity index (χ3n) is 13.1. The standard InChI is InChI=1S/C45H58N6O8S2/c1-26-27(2)39(26)42(52)48-35-22-38-47-36(24-60-38)29-11-12-37-32(21-29)33(23-45(4,5)25-59-44(54)34-10-8-16-51(49-34)43(35)53)41(31-9-7-15-46-40(31)28(3)57-6)50(37)17-18-58-30-13-19-61(55,56)20-14-30/h7,9,11-12,15,21,24,26-28,30,34-35,39,49H,8,10,13-14,16-20,22-23,25H2,1-6H3,(H,48,52)/t26-,27+,28-,34-,35-,39+/m0/s1. The van der Waals surface area contributed by atoms with E-state index in [1.807, 2.05) is 32.2 Å². The van der Waals surface area contributed by atoms with Gasteiger partial charge in [-0.25, -0.2) is 18.8 Å². The monoisotopic (exact) mass is 874 g/mol. The van der Waals surface area contributed by atoms with Crippen LogP contribution in [0.15, 0.2) is 41.9 Å². The minimum Gasteiger partial charge on any atom is -0.464 e. The number of pyridine rings is 1. The van der Waals surface area contributed by atoms with Crippen molar-refractivity contribution in [3.8, 4) is 22.5 Å². The van der Waals surface area contributed by atoms with Crippen molar-refractivity contribution in [1.82, 2.24) is 30.3 Å². The van der Waals surface area contributed by atoms with Crippen LogP contribution in [0.4, 0.5) is 0 Å². The van der Waals surface area contributed by atoms with E-state index < -0.39 is 33.3 Å². The summed E-state index contributed by atoms with van der Waals surface area (Å²) in [5.74, 6) is -0.276. The van der Waals surface area contributed by atoms with Gasteiger partial charge in [0.1, 0.15) is 12.1 Å². The molecule has 2 amide bonds. The normalized spacial score (nSPS) is 26.1. The highest BCUT2D eigenvalue weighted by atomic mass is 32.2. The number of carbonyl (C=O) groups excluding carboxylic acids is 3. The fourth-order valence-electron chi connectivity index (χ4n) is 9.22. The lowest BCUT2D eigenvalue weighted by molar-refractivity contribution is -0.155. The van der Waals surface area contributed by atoms with Crippen LogP contribution in [0.25, 0.3) is 33.4 Å². The van der Waals surface area contributed by atoms with Crippen LogP contribution in [0, 0.1) is 23.2 Å². The maximum absolute atomic E-state index is 14.2. The highest BCUT2D eigenvalue weighted by molar-refractivity contribution is 7.91. The molecule has 1 aliphatic carbocycles. The van der Waals surface area contributed by atoms with Crippen molar-refractivity contribution in [2.45, 2.75) is 104 Å². The number of sulfone groups is 1. The average Bonchev–Trinajstić information content (AvgIpc) is 3.50. The van der Waals surface area contributed by atoms with E-state index in [0.29, 0.717) is 56.8 Å². The Morgan fingerprint density at radius 2 is 1.90 bits per heavy atom. The first-order valence-corrected chi connectivity index (χ1v) is 24.3. The van der Waals surface area contributed by atoms with Gasteiger partial charge in [-0.15, -0.1) is 11.3 Å². The zero-order valence-corrected chi connectivity index (χ0v) is 37.6. The van der Waals surface area contributed by atoms with Gasteiger partial charge in [-0.05, 0) is 80.7 Å². The summed E-state index contributed by atoms with van der Waals surface area (Å²) in [5.41, 5.74) is 8.95. The molecule has 61 heavy (non-hydrogen) atoms. The molecule has 3 aliphatic heterocycles. The summed E-state index contributed by atoms with van der Waals surface area (Å²) in [4.78, 5) is 51.4. The van der Waals surface area contributed by atoms with E-state index in [1.165, 1.54) is 16.3 Å². The van der Waals surface area contributed by atoms with Crippen LogP contribution in [0.5, 0.6) is 0 Å². The molecule has 14 nitrogen and oxygen atoms in total. The minimum atomic E-state index is -3.03. The van der Waals surface area contributed by atoms with Gasteiger partial charge >= 0.3 is 5.97 Å². The highest BCUT2D eigenvalue weighted by Crippen LogP contribution is 2.46. The van der Waals surface area contributed by atoms with Crippen molar-refractivity contribution in [3.63, 3.8) is 0 Å². The first-order valence-electron chi connectivity index (χ1n) is 21.6. The summed E-state index contributed by atoms with van der Waals surface area (Å²) in [5, 5.41) is 8.25. The first kappa shape index (κ1) is 43.4. The van der Waals surface area contributed by atoms with Gasteiger partial charge in [0, 0.05) is 71.6 Å². The van der Waals surface area contributed by atoms with Crippen LogP contribution in [0.1, 0.15) is 82.7 Å². The Morgan fingerprint density at radius 3 is 2.64 bits per heavy atom. The Hall–Kier alpha value is -4.22. The predicted molar refractivity (Wildman–Crippen MR) is 233 cm³/mol. The van der Waals surface area contributed by atoms with E-state index in [9.17, 15) is 22.8 Å². The van der Waals surface area contributed by atoms with Gasteiger partial charge in [-0.3, -0.25) is 24.4 Å².